The van der Waals surface area contributed by atoms with Crippen molar-refractivity contribution in [1.82, 2.24) is 4.98 Å². The van der Waals surface area contributed by atoms with E-state index in [2.05, 4.69) is 4.98 Å². The smallest absolute Gasteiger partial charge is 0.226 e. The zero-order valence-electron chi connectivity index (χ0n) is 8.18. The lowest BCUT2D eigenvalue weighted by molar-refractivity contribution is 0.475. The number of phenols is 1. The normalized spacial score (nSPS) is 10.5. The molecule has 0 unspecified atom stereocenters. The Morgan fingerprint density at radius 2 is 2.00 bits per heavy atom. The number of aromatic hydroxyl groups is 1. The monoisotopic (exact) mass is 204 g/mol. The molecule has 0 spiro atoms. The fourth-order valence-electron chi connectivity index (χ4n) is 1.30. The van der Waals surface area contributed by atoms with E-state index >= 15 is 0 Å². The highest BCUT2D eigenvalue weighted by Crippen LogP contribution is 2.21. The molecule has 15 heavy (non-hydrogen) atoms. The molecule has 3 N–H and O–H groups in total. The molecule has 4 nitrogen and oxygen atoms in total. The average molecular weight is 204 g/mol. The summed E-state index contributed by atoms with van der Waals surface area (Å²) in [6.45, 7) is 0.546. The van der Waals surface area contributed by atoms with E-state index in [9.17, 15) is 0 Å². The van der Waals surface area contributed by atoms with Crippen LogP contribution in [0, 0.1) is 0 Å². The van der Waals surface area contributed by atoms with Gasteiger partial charge < -0.3 is 15.3 Å². The Labute approximate surface area is 87.4 Å². The van der Waals surface area contributed by atoms with Crippen LogP contribution >= 0.6 is 0 Å². The number of rotatable bonds is 3. The fourth-order valence-corrected chi connectivity index (χ4v) is 1.30. The molecular weight excluding hydrogens is 192 g/mol. The molecule has 4 heteroatoms. The first kappa shape index (κ1) is 9.73. The van der Waals surface area contributed by atoms with Crippen molar-refractivity contribution in [3.8, 4) is 17.2 Å². The maximum absolute atomic E-state index is 9.13. The van der Waals surface area contributed by atoms with Crippen LogP contribution in [-0.2, 0) is 6.42 Å². The van der Waals surface area contributed by atoms with Crippen molar-refractivity contribution in [2.45, 2.75) is 6.42 Å². The van der Waals surface area contributed by atoms with Crippen molar-refractivity contribution in [3.63, 3.8) is 0 Å². The molecule has 0 aliphatic heterocycles. The summed E-state index contributed by atoms with van der Waals surface area (Å²) in [5.41, 5.74) is 6.25. The minimum atomic E-state index is 0.229. The zero-order valence-corrected chi connectivity index (χ0v) is 8.18. The number of hydrogen-bond acceptors (Lipinski definition) is 4. The van der Waals surface area contributed by atoms with Crippen molar-refractivity contribution < 1.29 is 9.52 Å². The fraction of sp³-hybridized carbons (Fsp3) is 0.182. The third-order valence-corrected chi connectivity index (χ3v) is 2.06. The van der Waals surface area contributed by atoms with Crippen LogP contribution in [0.15, 0.2) is 34.9 Å². The maximum atomic E-state index is 9.13. The number of hydrogen-bond donors (Lipinski definition) is 2. The summed E-state index contributed by atoms with van der Waals surface area (Å²) in [7, 11) is 0. The van der Waals surface area contributed by atoms with Gasteiger partial charge in [0, 0.05) is 12.0 Å². The van der Waals surface area contributed by atoms with Crippen LogP contribution in [0.4, 0.5) is 0 Å². The van der Waals surface area contributed by atoms with Gasteiger partial charge >= 0.3 is 0 Å². The Bertz CT molecular complexity index is 434. The van der Waals surface area contributed by atoms with Crippen LogP contribution in [0.25, 0.3) is 11.5 Å². The van der Waals surface area contributed by atoms with Gasteiger partial charge in [-0.05, 0) is 30.8 Å². The summed E-state index contributed by atoms with van der Waals surface area (Å²) >= 11 is 0. The minimum absolute atomic E-state index is 0.229. The van der Waals surface area contributed by atoms with Gasteiger partial charge in [-0.25, -0.2) is 4.98 Å². The molecule has 1 aromatic heterocycles. The molecule has 0 saturated heterocycles. The number of benzene rings is 1. The zero-order chi connectivity index (χ0) is 10.7. The van der Waals surface area contributed by atoms with Gasteiger partial charge in [0.25, 0.3) is 0 Å². The first-order chi connectivity index (χ1) is 7.29. The van der Waals surface area contributed by atoms with Crippen molar-refractivity contribution in [1.29, 1.82) is 0 Å². The van der Waals surface area contributed by atoms with Gasteiger partial charge in [-0.3, -0.25) is 0 Å². The highest BCUT2D eigenvalue weighted by Gasteiger charge is 2.05. The predicted octanol–water partition coefficient (Wildman–Crippen LogP) is 1.55. The molecule has 0 fully saturated rings. The van der Waals surface area contributed by atoms with E-state index < -0.39 is 0 Å². The van der Waals surface area contributed by atoms with Crippen molar-refractivity contribution in [2.75, 3.05) is 6.54 Å². The van der Waals surface area contributed by atoms with Gasteiger partial charge in [0.15, 0.2) is 0 Å². The summed E-state index contributed by atoms with van der Waals surface area (Å²) in [5, 5.41) is 9.13. The number of nitrogens with zero attached hydrogens (tertiary/aromatic N) is 1. The maximum Gasteiger partial charge on any atom is 0.226 e. The topological polar surface area (TPSA) is 72.3 Å². The van der Waals surface area contributed by atoms with Gasteiger partial charge in [-0.15, -0.1) is 0 Å². The third-order valence-electron chi connectivity index (χ3n) is 2.06. The Morgan fingerprint density at radius 3 is 2.67 bits per heavy atom. The van der Waals surface area contributed by atoms with Crippen molar-refractivity contribution >= 4 is 0 Å². The molecule has 0 bridgehead atoms. The summed E-state index contributed by atoms with van der Waals surface area (Å²) in [6, 6.07) is 6.71. The van der Waals surface area contributed by atoms with Gasteiger partial charge in [-0.1, -0.05) is 0 Å². The summed E-state index contributed by atoms with van der Waals surface area (Å²) < 4.78 is 5.48. The number of phenolic OH excluding ortho intramolecular Hbond substituents is 1. The highest BCUT2D eigenvalue weighted by atomic mass is 16.4. The first-order valence-corrected chi connectivity index (χ1v) is 4.74. The standard InChI is InChI=1S/C11H12N2O2/c12-6-5-10-7-13-11(15-10)8-1-3-9(14)4-2-8/h1-4,7,14H,5-6,12H2. The molecular formula is C11H12N2O2. The number of nitrogens with two attached hydrogens (primary N) is 1. The van der Waals surface area contributed by atoms with Gasteiger partial charge in [0.1, 0.15) is 11.5 Å². The van der Waals surface area contributed by atoms with E-state index in [0.717, 1.165) is 11.3 Å². The molecule has 1 heterocycles. The molecule has 78 valence electrons. The molecule has 0 amide bonds. The second-order valence-electron chi connectivity index (χ2n) is 3.22. The molecule has 0 aliphatic rings. The molecule has 2 rings (SSSR count). The summed E-state index contributed by atoms with van der Waals surface area (Å²) in [6.07, 6.45) is 2.36. The molecule has 2 aromatic rings. The van der Waals surface area contributed by atoms with E-state index in [-0.39, 0.29) is 5.75 Å². The quantitative estimate of drug-likeness (QED) is 0.795. The van der Waals surface area contributed by atoms with Gasteiger partial charge in [0.2, 0.25) is 5.89 Å². The van der Waals surface area contributed by atoms with Crippen LogP contribution in [0.2, 0.25) is 0 Å². The Balaban J connectivity index is 2.25. The summed E-state index contributed by atoms with van der Waals surface area (Å²) in [4.78, 5) is 4.13. The largest absolute Gasteiger partial charge is 0.508 e. The van der Waals surface area contributed by atoms with E-state index in [0.29, 0.717) is 18.9 Å². The molecule has 1 aromatic carbocycles. The first-order valence-electron chi connectivity index (χ1n) is 4.74. The van der Waals surface area contributed by atoms with Crippen molar-refractivity contribution in [2.24, 2.45) is 5.73 Å². The van der Waals surface area contributed by atoms with Gasteiger partial charge in [-0.2, -0.15) is 0 Å². The second-order valence-corrected chi connectivity index (χ2v) is 3.22. The average Bonchev–Trinajstić information content (AvgIpc) is 2.68. The second kappa shape index (κ2) is 4.14. The Morgan fingerprint density at radius 1 is 1.27 bits per heavy atom. The van der Waals surface area contributed by atoms with Crippen LogP contribution in [0.1, 0.15) is 5.76 Å². The van der Waals surface area contributed by atoms with Crippen LogP contribution < -0.4 is 5.73 Å². The molecule has 0 radical (unpaired) electrons. The van der Waals surface area contributed by atoms with Gasteiger partial charge in [0.05, 0.1) is 6.20 Å². The molecule has 0 saturated carbocycles. The van der Waals surface area contributed by atoms with E-state index in [1.807, 2.05) is 0 Å². The Kier molecular flexibility index (Phi) is 2.69. The number of aromatic nitrogens is 1. The van der Waals surface area contributed by atoms with Crippen LogP contribution in [-0.4, -0.2) is 16.6 Å². The minimum Gasteiger partial charge on any atom is -0.508 e. The number of oxazole rings is 1. The third kappa shape index (κ3) is 2.16. The predicted molar refractivity (Wildman–Crippen MR) is 56.4 cm³/mol. The molecule has 0 atom stereocenters. The summed E-state index contributed by atoms with van der Waals surface area (Å²) in [5.74, 6) is 1.56. The lowest BCUT2D eigenvalue weighted by atomic mass is 10.2. The lowest BCUT2D eigenvalue weighted by Crippen LogP contribution is -2.01. The molecule has 0 aliphatic carbocycles. The van der Waals surface area contributed by atoms with Crippen molar-refractivity contribution in [3.05, 3.63) is 36.2 Å². The lowest BCUT2D eigenvalue weighted by Gasteiger charge is -1.95. The van der Waals surface area contributed by atoms with E-state index in [1.165, 1.54) is 0 Å². The van der Waals surface area contributed by atoms with Crippen LogP contribution in [0.5, 0.6) is 5.75 Å². The van der Waals surface area contributed by atoms with E-state index in [4.69, 9.17) is 15.3 Å². The van der Waals surface area contributed by atoms with Crippen LogP contribution in [0.3, 0.4) is 0 Å². The highest BCUT2D eigenvalue weighted by molar-refractivity contribution is 5.54. The Hall–Kier alpha value is -1.81. The van der Waals surface area contributed by atoms with E-state index in [1.54, 1.807) is 30.5 Å². The SMILES string of the molecule is NCCc1cnc(-c2ccc(O)cc2)o1.